The van der Waals surface area contributed by atoms with E-state index in [-0.39, 0.29) is 27.3 Å². The number of halogens is 5. The average molecular weight is 386 g/mol. The van der Waals surface area contributed by atoms with Crippen molar-refractivity contribution in [2.75, 3.05) is 0 Å². The zero-order valence-electron chi connectivity index (χ0n) is 12.9. The minimum atomic E-state index is -4.54. The third-order valence-electron chi connectivity index (χ3n) is 5.34. The van der Waals surface area contributed by atoms with Gasteiger partial charge >= 0.3 is 6.18 Å². The first-order chi connectivity index (χ1) is 11.7. The van der Waals surface area contributed by atoms with Crippen molar-refractivity contribution in [1.82, 2.24) is 9.78 Å². The van der Waals surface area contributed by atoms with Crippen molar-refractivity contribution in [3.05, 3.63) is 45.2 Å². The van der Waals surface area contributed by atoms with Gasteiger partial charge in [-0.2, -0.15) is 23.5 Å². The summed E-state index contributed by atoms with van der Waals surface area (Å²) >= 11 is 12.1. The van der Waals surface area contributed by atoms with Crippen LogP contribution >= 0.6 is 23.2 Å². The zero-order chi connectivity index (χ0) is 18.0. The standard InChI is InChI=1S/C17H12Cl2F3N3/c18-12-4-9(17(20,21)22)5-13(19)15(12)25-8-10(14(7-23)24-25)11-6-16(11)2-1-3-16/h4-5,8,11H,1-3,6H2. The Bertz CT molecular complexity index is 884. The van der Waals surface area contributed by atoms with Crippen LogP contribution in [0.2, 0.25) is 10.0 Å². The highest BCUT2D eigenvalue weighted by molar-refractivity contribution is 6.37. The second-order valence-electron chi connectivity index (χ2n) is 6.75. The summed E-state index contributed by atoms with van der Waals surface area (Å²) in [5.74, 6) is 0.289. The lowest BCUT2D eigenvalue weighted by Crippen LogP contribution is -2.14. The van der Waals surface area contributed by atoms with Gasteiger partial charge in [0.25, 0.3) is 0 Å². The van der Waals surface area contributed by atoms with Crippen LogP contribution in [-0.4, -0.2) is 9.78 Å². The highest BCUT2D eigenvalue weighted by Crippen LogP contribution is 2.70. The van der Waals surface area contributed by atoms with E-state index in [2.05, 4.69) is 11.2 Å². The van der Waals surface area contributed by atoms with Crippen molar-refractivity contribution >= 4 is 23.2 Å². The van der Waals surface area contributed by atoms with Gasteiger partial charge in [0.2, 0.25) is 0 Å². The van der Waals surface area contributed by atoms with E-state index in [0.717, 1.165) is 37.0 Å². The third-order valence-corrected chi connectivity index (χ3v) is 5.91. The molecule has 0 N–H and O–H groups in total. The number of nitriles is 1. The van der Waals surface area contributed by atoms with Gasteiger partial charge in [0.1, 0.15) is 11.8 Å². The lowest BCUT2D eigenvalue weighted by Gasteiger charge is -2.26. The predicted molar refractivity (Wildman–Crippen MR) is 86.9 cm³/mol. The smallest absolute Gasteiger partial charge is 0.236 e. The largest absolute Gasteiger partial charge is 0.416 e. The number of rotatable bonds is 2. The molecule has 1 aromatic heterocycles. The first-order valence-electron chi connectivity index (χ1n) is 7.81. The molecule has 2 fully saturated rings. The van der Waals surface area contributed by atoms with Crippen LogP contribution in [0.4, 0.5) is 13.2 Å². The quantitative estimate of drug-likeness (QED) is 0.662. The molecule has 130 valence electrons. The van der Waals surface area contributed by atoms with Crippen molar-refractivity contribution < 1.29 is 13.2 Å². The van der Waals surface area contributed by atoms with Crippen LogP contribution in [-0.2, 0) is 6.18 Å². The van der Waals surface area contributed by atoms with E-state index in [1.165, 1.54) is 11.1 Å². The van der Waals surface area contributed by atoms with Crippen LogP contribution in [0, 0.1) is 16.7 Å². The SMILES string of the molecule is N#Cc1nn(-c2c(Cl)cc(C(F)(F)F)cc2Cl)cc1C1CC12CCC2. The monoisotopic (exact) mass is 385 g/mol. The lowest BCUT2D eigenvalue weighted by molar-refractivity contribution is -0.137. The molecule has 4 rings (SSSR count). The van der Waals surface area contributed by atoms with Gasteiger partial charge < -0.3 is 0 Å². The fourth-order valence-electron chi connectivity index (χ4n) is 3.76. The maximum Gasteiger partial charge on any atom is 0.416 e. The van der Waals surface area contributed by atoms with E-state index in [1.807, 2.05) is 0 Å². The van der Waals surface area contributed by atoms with Crippen LogP contribution in [0.25, 0.3) is 5.69 Å². The Balaban J connectivity index is 1.76. The molecular weight excluding hydrogens is 374 g/mol. The third kappa shape index (κ3) is 2.61. The first kappa shape index (κ1) is 16.7. The zero-order valence-corrected chi connectivity index (χ0v) is 14.4. The fourth-order valence-corrected chi connectivity index (χ4v) is 4.42. The molecule has 8 heteroatoms. The second-order valence-corrected chi connectivity index (χ2v) is 7.56. The van der Waals surface area contributed by atoms with Gasteiger partial charge in [0, 0.05) is 11.8 Å². The summed E-state index contributed by atoms with van der Waals surface area (Å²) in [6.07, 6.45) is 1.66. The normalized spacial score (nSPS) is 21.0. The number of nitrogens with zero attached hydrogens (tertiary/aromatic N) is 3. The Hall–Kier alpha value is -1.71. The Morgan fingerprint density at radius 3 is 2.32 bits per heavy atom. The van der Waals surface area contributed by atoms with Gasteiger partial charge in [-0.3, -0.25) is 0 Å². The molecule has 1 atom stereocenters. The summed E-state index contributed by atoms with van der Waals surface area (Å²) in [5.41, 5.74) is 0.639. The van der Waals surface area contributed by atoms with Gasteiger partial charge in [-0.05, 0) is 42.7 Å². The molecule has 2 saturated carbocycles. The minimum absolute atomic E-state index is 0.155. The van der Waals surface area contributed by atoms with Crippen LogP contribution in [0.5, 0.6) is 0 Å². The molecule has 1 heterocycles. The number of hydrogen-bond donors (Lipinski definition) is 0. The molecule has 0 amide bonds. The van der Waals surface area contributed by atoms with Crippen LogP contribution in [0.1, 0.15) is 48.4 Å². The molecule has 0 radical (unpaired) electrons. The van der Waals surface area contributed by atoms with E-state index < -0.39 is 11.7 Å². The van der Waals surface area contributed by atoms with Gasteiger partial charge in [-0.15, -0.1) is 0 Å². The Morgan fingerprint density at radius 2 is 1.88 bits per heavy atom. The van der Waals surface area contributed by atoms with Crippen molar-refractivity contribution in [2.45, 2.75) is 37.8 Å². The summed E-state index contributed by atoms with van der Waals surface area (Å²) in [7, 11) is 0. The molecule has 1 unspecified atom stereocenters. The summed E-state index contributed by atoms with van der Waals surface area (Å²) in [5, 5.41) is 13.2. The van der Waals surface area contributed by atoms with E-state index in [1.54, 1.807) is 6.20 Å². The van der Waals surface area contributed by atoms with Gasteiger partial charge in [-0.1, -0.05) is 29.6 Å². The summed E-state index contributed by atoms with van der Waals surface area (Å²) in [4.78, 5) is 0. The molecule has 0 saturated heterocycles. The second kappa shape index (κ2) is 5.39. The van der Waals surface area contributed by atoms with E-state index in [4.69, 9.17) is 23.2 Å². The van der Waals surface area contributed by atoms with Crippen molar-refractivity contribution in [3.63, 3.8) is 0 Å². The van der Waals surface area contributed by atoms with Crippen LogP contribution in [0.3, 0.4) is 0 Å². The number of aromatic nitrogens is 2. The van der Waals surface area contributed by atoms with Crippen LogP contribution in [0.15, 0.2) is 18.3 Å². The molecule has 3 nitrogen and oxygen atoms in total. The summed E-state index contributed by atoms with van der Waals surface area (Å²) in [6.45, 7) is 0. The molecule has 0 aliphatic heterocycles. The number of alkyl halides is 3. The van der Waals surface area contributed by atoms with E-state index >= 15 is 0 Å². The molecule has 2 aliphatic carbocycles. The molecular formula is C17H12Cl2F3N3. The first-order valence-corrected chi connectivity index (χ1v) is 8.57. The van der Waals surface area contributed by atoms with E-state index in [0.29, 0.717) is 5.41 Å². The van der Waals surface area contributed by atoms with Gasteiger partial charge in [0.15, 0.2) is 5.69 Å². The maximum atomic E-state index is 12.9. The molecule has 1 aromatic carbocycles. The maximum absolute atomic E-state index is 12.9. The van der Waals surface area contributed by atoms with Gasteiger partial charge in [-0.25, -0.2) is 4.68 Å². The fraction of sp³-hybridized carbons (Fsp3) is 0.412. The van der Waals surface area contributed by atoms with Crippen molar-refractivity contribution in [1.29, 1.82) is 5.26 Å². The number of hydrogen-bond acceptors (Lipinski definition) is 2. The Labute approximate surface area is 151 Å². The topological polar surface area (TPSA) is 41.6 Å². The molecule has 2 aromatic rings. The van der Waals surface area contributed by atoms with E-state index in [9.17, 15) is 18.4 Å². The average Bonchev–Trinajstić information content (AvgIpc) is 3.13. The summed E-state index contributed by atoms with van der Waals surface area (Å²) in [6, 6.07) is 3.71. The van der Waals surface area contributed by atoms with Crippen LogP contribution < -0.4 is 0 Å². The molecule has 25 heavy (non-hydrogen) atoms. The lowest BCUT2D eigenvalue weighted by atomic mass is 9.79. The summed E-state index contributed by atoms with van der Waals surface area (Å²) < 4.78 is 39.9. The molecule has 0 bridgehead atoms. The predicted octanol–water partition coefficient (Wildman–Crippen LogP) is 5.73. The Morgan fingerprint density at radius 1 is 1.24 bits per heavy atom. The number of benzene rings is 1. The Kier molecular flexibility index (Phi) is 3.61. The highest BCUT2D eigenvalue weighted by Gasteiger charge is 2.59. The van der Waals surface area contributed by atoms with Crippen molar-refractivity contribution in [2.24, 2.45) is 5.41 Å². The highest BCUT2D eigenvalue weighted by atomic mass is 35.5. The van der Waals surface area contributed by atoms with Gasteiger partial charge in [0.05, 0.1) is 15.6 Å². The molecule has 1 spiro atoms. The van der Waals surface area contributed by atoms with Crippen molar-refractivity contribution in [3.8, 4) is 11.8 Å². The molecule has 2 aliphatic rings. The minimum Gasteiger partial charge on any atom is -0.236 e.